The second-order valence-corrected chi connectivity index (χ2v) is 9.40. The average Bonchev–Trinajstić information content (AvgIpc) is 3.45. The number of rotatable bonds is 6. The molecular formula is C29H25F2N3O5. The van der Waals surface area contributed by atoms with Crippen molar-refractivity contribution in [3.05, 3.63) is 88.5 Å². The van der Waals surface area contributed by atoms with Gasteiger partial charge in [-0.25, -0.2) is 13.8 Å². The molecule has 4 aromatic rings. The van der Waals surface area contributed by atoms with Crippen LogP contribution in [0, 0.1) is 11.6 Å². The molecule has 1 unspecified atom stereocenters. The van der Waals surface area contributed by atoms with Gasteiger partial charge in [-0.05, 0) is 47.4 Å². The smallest absolute Gasteiger partial charge is 0.302 e. The topological polar surface area (TPSA) is 105 Å². The monoisotopic (exact) mass is 533 g/mol. The standard InChI is InChI=1S/C29H25F2N3O5/c1-14(2)18-11-16(8-9-23(18)39-4)26(35)24-25(15-6-5-7-17(10-15)38-3)34(28(37)27(24)36)29-32-21-12-19(30)20(31)13-22(21)33-29/h5-14,25,35H,1-4H3,(H,32,33)/b26-24+. The number of imidazole rings is 1. The number of aliphatic hydroxyl groups excluding tert-OH is 1. The van der Waals surface area contributed by atoms with Crippen molar-refractivity contribution in [1.29, 1.82) is 0 Å². The van der Waals surface area contributed by atoms with Gasteiger partial charge in [-0.3, -0.25) is 14.5 Å². The number of aromatic amines is 1. The third-order valence-electron chi connectivity index (χ3n) is 6.72. The van der Waals surface area contributed by atoms with E-state index in [1.54, 1.807) is 49.6 Å². The summed E-state index contributed by atoms with van der Waals surface area (Å²) in [7, 11) is 3.02. The Bertz CT molecular complexity index is 1620. The number of carbonyl (C=O) groups is 2. The zero-order valence-electron chi connectivity index (χ0n) is 21.6. The van der Waals surface area contributed by atoms with E-state index in [2.05, 4.69) is 9.97 Å². The molecule has 0 spiro atoms. The van der Waals surface area contributed by atoms with Crippen LogP contribution < -0.4 is 14.4 Å². The molecule has 0 bridgehead atoms. The number of methoxy groups -OCH3 is 2. The van der Waals surface area contributed by atoms with Gasteiger partial charge in [0.05, 0.1) is 36.9 Å². The Morgan fingerprint density at radius 2 is 1.77 bits per heavy atom. The fourth-order valence-corrected chi connectivity index (χ4v) is 4.77. The van der Waals surface area contributed by atoms with E-state index in [0.717, 1.165) is 22.6 Å². The minimum Gasteiger partial charge on any atom is -0.507 e. The van der Waals surface area contributed by atoms with Crippen LogP contribution in [0.3, 0.4) is 0 Å². The van der Waals surface area contributed by atoms with E-state index in [9.17, 15) is 23.5 Å². The van der Waals surface area contributed by atoms with Crippen molar-refractivity contribution in [2.24, 2.45) is 0 Å². The van der Waals surface area contributed by atoms with E-state index in [4.69, 9.17) is 9.47 Å². The molecule has 2 N–H and O–H groups in total. The lowest BCUT2D eigenvalue weighted by Crippen LogP contribution is -2.30. The van der Waals surface area contributed by atoms with Gasteiger partial charge in [-0.2, -0.15) is 0 Å². The lowest BCUT2D eigenvalue weighted by atomic mass is 9.93. The van der Waals surface area contributed by atoms with Crippen LogP contribution in [0.5, 0.6) is 11.5 Å². The minimum absolute atomic E-state index is 0.0423. The predicted molar refractivity (Wildman–Crippen MR) is 141 cm³/mol. The first-order valence-electron chi connectivity index (χ1n) is 12.1. The number of anilines is 1. The van der Waals surface area contributed by atoms with Gasteiger partial charge in [-0.1, -0.05) is 26.0 Å². The summed E-state index contributed by atoms with van der Waals surface area (Å²) >= 11 is 0. The molecule has 0 radical (unpaired) electrons. The van der Waals surface area contributed by atoms with E-state index < -0.39 is 29.4 Å². The number of amides is 1. The van der Waals surface area contributed by atoms with E-state index in [1.807, 2.05) is 13.8 Å². The number of Topliss-reactive ketones (excluding diaryl/α,β-unsaturated/α-hetero) is 1. The molecule has 39 heavy (non-hydrogen) atoms. The summed E-state index contributed by atoms with van der Waals surface area (Å²) in [6, 6.07) is 12.4. The minimum atomic E-state index is -1.13. The van der Waals surface area contributed by atoms with Gasteiger partial charge >= 0.3 is 5.91 Å². The van der Waals surface area contributed by atoms with Crippen molar-refractivity contribution in [2.45, 2.75) is 25.8 Å². The Morgan fingerprint density at radius 3 is 2.46 bits per heavy atom. The Morgan fingerprint density at radius 1 is 1.03 bits per heavy atom. The molecule has 1 fully saturated rings. The molecule has 10 heteroatoms. The summed E-state index contributed by atoms with van der Waals surface area (Å²) in [5.74, 6) is -3.49. The maximum Gasteiger partial charge on any atom is 0.302 e. The average molecular weight is 534 g/mol. The lowest BCUT2D eigenvalue weighted by Gasteiger charge is -2.23. The predicted octanol–water partition coefficient (Wildman–Crippen LogP) is 5.61. The number of halogens is 2. The van der Waals surface area contributed by atoms with Gasteiger partial charge < -0.3 is 19.6 Å². The van der Waals surface area contributed by atoms with Crippen molar-refractivity contribution in [1.82, 2.24) is 9.97 Å². The van der Waals surface area contributed by atoms with E-state index >= 15 is 0 Å². The zero-order valence-corrected chi connectivity index (χ0v) is 21.6. The van der Waals surface area contributed by atoms with Gasteiger partial charge in [0.25, 0.3) is 5.78 Å². The van der Waals surface area contributed by atoms with Gasteiger partial charge in [0.15, 0.2) is 11.6 Å². The summed E-state index contributed by atoms with van der Waals surface area (Å²) in [5.41, 5.74) is 1.59. The number of benzene rings is 3. The van der Waals surface area contributed by atoms with Crippen molar-refractivity contribution in [3.8, 4) is 11.5 Å². The van der Waals surface area contributed by atoms with Crippen LogP contribution in [0.15, 0.2) is 60.2 Å². The molecule has 1 aliphatic heterocycles. The highest BCUT2D eigenvalue weighted by Gasteiger charge is 2.48. The molecule has 1 saturated heterocycles. The number of ether oxygens (including phenoxy) is 2. The molecule has 2 heterocycles. The largest absolute Gasteiger partial charge is 0.507 e. The zero-order chi connectivity index (χ0) is 28.0. The number of nitrogens with one attached hydrogen (secondary N) is 1. The maximum absolute atomic E-state index is 13.9. The summed E-state index contributed by atoms with van der Waals surface area (Å²) in [6.07, 6.45) is 0. The van der Waals surface area contributed by atoms with E-state index in [0.29, 0.717) is 22.6 Å². The van der Waals surface area contributed by atoms with E-state index in [1.165, 1.54) is 7.11 Å². The summed E-state index contributed by atoms with van der Waals surface area (Å²) in [4.78, 5) is 35.1. The normalized spacial score (nSPS) is 16.9. The quantitative estimate of drug-likeness (QED) is 0.190. The fourth-order valence-electron chi connectivity index (χ4n) is 4.77. The van der Waals surface area contributed by atoms with Gasteiger partial charge in [0, 0.05) is 17.7 Å². The molecule has 8 nitrogen and oxygen atoms in total. The first-order chi connectivity index (χ1) is 18.6. The number of hydrogen-bond donors (Lipinski definition) is 2. The maximum atomic E-state index is 13.9. The molecular weight excluding hydrogens is 508 g/mol. The molecule has 1 amide bonds. The summed E-state index contributed by atoms with van der Waals surface area (Å²) in [5, 5.41) is 11.5. The van der Waals surface area contributed by atoms with Crippen molar-refractivity contribution in [2.75, 3.05) is 19.1 Å². The second kappa shape index (κ2) is 9.86. The Hall–Kier alpha value is -4.73. The number of nitrogens with zero attached hydrogens (tertiary/aromatic N) is 2. The Balaban J connectivity index is 1.74. The van der Waals surface area contributed by atoms with Crippen molar-refractivity contribution >= 4 is 34.4 Å². The first kappa shape index (κ1) is 25.9. The van der Waals surface area contributed by atoms with Crippen molar-refractivity contribution in [3.63, 3.8) is 0 Å². The third kappa shape index (κ3) is 4.37. The number of carbonyl (C=O) groups excluding carboxylic acids is 2. The Kier molecular flexibility index (Phi) is 6.55. The van der Waals surface area contributed by atoms with Crippen LogP contribution >= 0.6 is 0 Å². The van der Waals surface area contributed by atoms with Crippen LogP contribution in [-0.2, 0) is 9.59 Å². The van der Waals surface area contributed by atoms with Crippen LogP contribution in [-0.4, -0.2) is 41.0 Å². The highest BCUT2D eigenvalue weighted by molar-refractivity contribution is 6.51. The highest BCUT2D eigenvalue weighted by atomic mass is 19.2. The Labute approximate surface area is 222 Å². The second-order valence-electron chi connectivity index (χ2n) is 9.40. The molecule has 0 saturated carbocycles. The molecule has 3 aromatic carbocycles. The van der Waals surface area contributed by atoms with Crippen LogP contribution in [0.1, 0.15) is 42.5 Å². The number of fused-ring (bicyclic) bond motifs is 1. The molecule has 1 atom stereocenters. The van der Waals surface area contributed by atoms with Crippen LogP contribution in [0.4, 0.5) is 14.7 Å². The lowest BCUT2D eigenvalue weighted by molar-refractivity contribution is -0.132. The molecule has 5 rings (SSSR count). The summed E-state index contributed by atoms with van der Waals surface area (Å²) in [6.45, 7) is 3.92. The van der Waals surface area contributed by atoms with Gasteiger partial charge in [0.2, 0.25) is 5.95 Å². The SMILES string of the molecule is COc1cccc(C2/C(=C(\O)c3ccc(OC)c(C(C)C)c3)C(=O)C(=O)N2c2nc3cc(F)c(F)cc3[nH]2)c1. The molecule has 0 aliphatic carbocycles. The van der Waals surface area contributed by atoms with E-state index in [-0.39, 0.29) is 34.2 Å². The number of ketones is 1. The number of hydrogen-bond acceptors (Lipinski definition) is 6. The molecule has 1 aromatic heterocycles. The van der Waals surface area contributed by atoms with Crippen molar-refractivity contribution < 1.29 is 33.0 Å². The van der Waals surface area contributed by atoms with Gasteiger partial charge in [-0.15, -0.1) is 0 Å². The van der Waals surface area contributed by atoms with Crippen LogP contribution in [0.25, 0.3) is 16.8 Å². The molecule has 200 valence electrons. The molecule has 1 aliphatic rings. The van der Waals surface area contributed by atoms with Gasteiger partial charge in [0.1, 0.15) is 17.3 Å². The summed E-state index contributed by atoms with van der Waals surface area (Å²) < 4.78 is 38.5. The third-order valence-corrected chi connectivity index (χ3v) is 6.72. The fraction of sp³-hybridized carbons (Fsp3) is 0.207. The first-order valence-corrected chi connectivity index (χ1v) is 12.1. The number of H-pyrrole nitrogens is 1. The van der Waals surface area contributed by atoms with Crippen LogP contribution in [0.2, 0.25) is 0 Å². The highest BCUT2D eigenvalue weighted by Crippen LogP contribution is 2.43. The number of aromatic nitrogens is 2. The number of aliphatic hydroxyl groups is 1.